The molecule has 3 rings (SSSR count). The van der Waals surface area contributed by atoms with Crippen LogP contribution in [0.15, 0.2) is 18.2 Å². The van der Waals surface area contributed by atoms with Crippen LogP contribution >= 0.6 is 0 Å². The number of alkyl halides is 3. The van der Waals surface area contributed by atoms with Crippen LogP contribution in [-0.2, 0) is 6.18 Å². The van der Waals surface area contributed by atoms with E-state index in [-0.39, 0.29) is 11.0 Å². The number of hydrogen-bond donors (Lipinski definition) is 1. The smallest absolute Gasteiger partial charge is 0.370 e. The third kappa shape index (κ3) is 2.58. The van der Waals surface area contributed by atoms with E-state index in [2.05, 4.69) is 5.32 Å². The number of halogens is 3. The first-order valence-corrected chi connectivity index (χ1v) is 7.01. The van der Waals surface area contributed by atoms with Crippen LogP contribution in [-0.4, -0.2) is 26.2 Å². The first kappa shape index (κ1) is 14.2. The summed E-state index contributed by atoms with van der Waals surface area (Å²) in [7, 11) is 0. The van der Waals surface area contributed by atoms with E-state index in [0.717, 1.165) is 51.2 Å². The molecule has 1 aromatic rings. The van der Waals surface area contributed by atoms with Crippen molar-refractivity contribution in [3.8, 4) is 6.07 Å². The Kier molecular flexibility index (Phi) is 3.33. The Morgan fingerprint density at radius 3 is 2.71 bits per heavy atom. The molecule has 1 atom stereocenters. The van der Waals surface area contributed by atoms with E-state index in [1.54, 1.807) is 0 Å². The lowest BCUT2D eigenvalue weighted by atomic mass is 9.86. The lowest BCUT2D eigenvalue weighted by Crippen LogP contribution is -2.29. The zero-order chi connectivity index (χ0) is 15.1. The van der Waals surface area contributed by atoms with Gasteiger partial charge in [0.05, 0.1) is 16.8 Å². The minimum Gasteiger partial charge on any atom is -0.370 e. The highest BCUT2D eigenvalue weighted by Gasteiger charge is 2.41. The Morgan fingerprint density at radius 1 is 1.29 bits per heavy atom. The molecule has 0 aliphatic carbocycles. The highest BCUT2D eigenvalue weighted by molar-refractivity contribution is 5.61. The van der Waals surface area contributed by atoms with E-state index in [4.69, 9.17) is 5.26 Å². The third-order valence-electron chi connectivity index (χ3n) is 4.56. The van der Waals surface area contributed by atoms with Gasteiger partial charge in [0, 0.05) is 25.0 Å². The van der Waals surface area contributed by atoms with Gasteiger partial charge in [0.25, 0.3) is 0 Å². The van der Waals surface area contributed by atoms with Crippen LogP contribution in [0.3, 0.4) is 0 Å². The molecule has 2 saturated heterocycles. The molecule has 112 valence electrons. The maximum Gasteiger partial charge on any atom is 0.416 e. The molecule has 0 saturated carbocycles. The standard InChI is InChI=1S/C15H16F3N3/c16-15(17,18)12-1-2-13(11(7-12)8-19)21-6-4-14(10-21)3-5-20-9-14/h1-2,7,20H,3-6,9-10H2. The molecule has 2 heterocycles. The number of anilines is 1. The summed E-state index contributed by atoms with van der Waals surface area (Å²) in [5, 5.41) is 12.5. The molecule has 1 spiro atoms. The number of nitrogens with one attached hydrogen (secondary N) is 1. The molecule has 2 aliphatic rings. The lowest BCUT2D eigenvalue weighted by Gasteiger charge is -2.25. The van der Waals surface area contributed by atoms with Gasteiger partial charge >= 0.3 is 6.18 Å². The Balaban J connectivity index is 1.88. The molecular formula is C15H16F3N3. The van der Waals surface area contributed by atoms with Crippen LogP contribution in [0.1, 0.15) is 24.0 Å². The molecule has 6 heteroatoms. The van der Waals surface area contributed by atoms with Gasteiger partial charge in [-0.1, -0.05) is 0 Å². The van der Waals surface area contributed by atoms with Crippen molar-refractivity contribution in [2.45, 2.75) is 19.0 Å². The van der Waals surface area contributed by atoms with Crippen molar-refractivity contribution in [2.24, 2.45) is 5.41 Å². The molecule has 0 aromatic heterocycles. The number of nitrogens with zero attached hydrogens (tertiary/aromatic N) is 2. The molecule has 3 nitrogen and oxygen atoms in total. The summed E-state index contributed by atoms with van der Waals surface area (Å²) < 4.78 is 38.2. The predicted molar refractivity (Wildman–Crippen MR) is 72.9 cm³/mol. The van der Waals surface area contributed by atoms with Gasteiger partial charge in [-0.25, -0.2) is 0 Å². The number of rotatable bonds is 1. The average Bonchev–Trinajstić information content (AvgIpc) is 3.08. The maximum absolute atomic E-state index is 12.7. The fourth-order valence-corrected chi connectivity index (χ4v) is 3.36. The van der Waals surface area contributed by atoms with Gasteiger partial charge in [0.15, 0.2) is 0 Å². The molecule has 1 aromatic carbocycles. The molecule has 1 unspecified atom stereocenters. The summed E-state index contributed by atoms with van der Waals surface area (Å²) in [6, 6.07) is 5.36. The second-order valence-electron chi connectivity index (χ2n) is 5.94. The summed E-state index contributed by atoms with van der Waals surface area (Å²) >= 11 is 0. The van der Waals surface area contributed by atoms with E-state index in [1.165, 1.54) is 6.07 Å². The fourth-order valence-electron chi connectivity index (χ4n) is 3.36. The largest absolute Gasteiger partial charge is 0.416 e. The highest BCUT2D eigenvalue weighted by atomic mass is 19.4. The van der Waals surface area contributed by atoms with Gasteiger partial charge in [0.1, 0.15) is 6.07 Å². The van der Waals surface area contributed by atoms with Gasteiger partial charge in [-0.05, 0) is 37.6 Å². The van der Waals surface area contributed by atoms with Crippen molar-refractivity contribution < 1.29 is 13.2 Å². The zero-order valence-corrected chi connectivity index (χ0v) is 11.5. The van der Waals surface area contributed by atoms with Gasteiger partial charge < -0.3 is 10.2 Å². The molecular weight excluding hydrogens is 279 g/mol. The summed E-state index contributed by atoms with van der Waals surface area (Å²) in [6.07, 6.45) is -2.30. The van der Waals surface area contributed by atoms with E-state index in [9.17, 15) is 13.2 Å². The van der Waals surface area contributed by atoms with Gasteiger partial charge in [-0.3, -0.25) is 0 Å². The van der Waals surface area contributed by atoms with Gasteiger partial charge in [-0.15, -0.1) is 0 Å². The van der Waals surface area contributed by atoms with Gasteiger partial charge in [0.2, 0.25) is 0 Å². The zero-order valence-electron chi connectivity index (χ0n) is 11.5. The number of nitriles is 1. The molecule has 21 heavy (non-hydrogen) atoms. The molecule has 2 fully saturated rings. The summed E-state index contributed by atoms with van der Waals surface area (Å²) in [6.45, 7) is 3.54. The summed E-state index contributed by atoms with van der Waals surface area (Å²) in [5.41, 5.74) is 0.177. The molecule has 0 radical (unpaired) electrons. The highest BCUT2D eigenvalue weighted by Crippen LogP contribution is 2.40. The second kappa shape index (κ2) is 4.92. The van der Waals surface area contributed by atoms with Crippen molar-refractivity contribution in [1.82, 2.24) is 5.32 Å². The van der Waals surface area contributed by atoms with Crippen LogP contribution in [0.4, 0.5) is 18.9 Å². The van der Waals surface area contributed by atoms with Crippen molar-refractivity contribution in [3.05, 3.63) is 29.3 Å². The van der Waals surface area contributed by atoms with Crippen molar-refractivity contribution in [1.29, 1.82) is 5.26 Å². The minimum atomic E-state index is -4.41. The number of benzene rings is 1. The first-order chi connectivity index (χ1) is 9.93. The molecule has 2 aliphatic heterocycles. The van der Waals surface area contributed by atoms with Crippen molar-refractivity contribution in [3.63, 3.8) is 0 Å². The van der Waals surface area contributed by atoms with Gasteiger partial charge in [-0.2, -0.15) is 18.4 Å². The normalized spacial score (nSPS) is 25.5. The predicted octanol–water partition coefficient (Wildman–Crippen LogP) is 2.77. The Labute approximate surface area is 121 Å². The topological polar surface area (TPSA) is 39.1 Å². The van der Waals surface area contributed by atoms with E-state index in [1.807, 2.05) is 11.0 Å². The quantitative estimate of drug-likeness (QED) is 0.866. The molecule has 1 N–H and O–H groups in total. The number of hydrogen-bond acceptors (Lipinski definition) is 3. The monoisotopic (exact) mass is 295 g/mol. The average molecular weight is 295 g/mol. The third-order valence-corrected chi connectivity index (χ3v) is 4.56. The Morgan fingerprint density at radius 2 is 2.10 bits per heavy atom. The molecule has 0 amide bonds. The van der Waals surface area contributed by atoms with Crippen LogP contribution in [0.2, 0.25) is 0 Å². The first-order valence-electron chi connectivity index (χ1n) is 7.01. The second-order valence-corrected chi connectivity index (χ2v) is 5.94. The Bertz CT molecular complexity index is 583. The minimum absolute atomic E-state index is 0.104. The fraction of sp³-hybridized carbons (Fsp3) is 0.533. The maximum atomic E-state index is 12.7. The van der Waals surface area contributed by atoms with Crippen LogP contribution in [0.25, 0.3) is 0 Å². The summed E-state index contributed by atoms with van der Waals surface area (Å²) in [5.74, 6) is 0. The lowest BCUT2D eigenvalue weighted by molar-refractivity contribution is -0.137. The van der Waals surface area contributed by atoms with E-state index < -0.39 is 11.7 Å². The van der Waals surface area contributed by atoms with Crippen molar-refractivity contribution in [2.75, 3.05) is 31.1 Å². The SMILES string of the molecule is N#Cc1cc(C(F)(F)F)ccc1N1CCC2(CCNC2)C1. The molecule has 0 bridgehead atoms. The van der Waals surface area contributed by atoms with Crippen LogP contribution < -0.4 is 10.2 Å². The summed E-state index contributed by atoms with van der Waals surface area (Å²) in [4.78, 5) is 2.05. The van der Waals surface area contributed by atoms with Crippen LogP contribution in [0.5, 0.6) is 0 Å². The van der Waals surface area contributed by atoms with E-state index >= 15 is 0 Å². The van der Waals surface area contributed by atoms with E-state index in [0.29, 0.717) is 5.69 Å². The Hall–Kier alpha value is -1.74. The van der Waals surface area contributed by atoms with Crippen molar-refractivity contribution >= 4 is 5.69 Å². The van der Waals surface area contributed by atoms with Crippen LogP contribution in [0, 0.1) is 16.7 Å².